The van der Waals surface area contributed by atoms with Crippen LogP contribution in [0.5, 0.6) is 0 Å². The van der Waals surface area contributed by atoms with Crippen LogP contribution in [0, 0.1) is 4.77 Å². The lowest BCUT2D eigenvalue weighted by atomic mass is 10.1. The predicted octanol–water partition coefficient (Wildman–Crippen LogP) is 2.78. The van der Waals surface area contributed by atoms with E-state index >= 15 is 0 Å². The number of aromatic amines is 1. The third-order valence-corrected chi connectivity index (χ3v) is 3.14. The van der Waals surface area contributed by atoms with Crippen LogP contribution in [0.25, 0.3) is 11.6 Å². The van der Waals surface area contributed by atoms with Gasteiger partial charge in [-0.2, -0.15) is 9.78 Å². The lowest BCUT2D eigenvalue weighted by Crippen LogP contribution is -1.97. The van der Waals surface area contributed by atoms with Gasteiger partial charge in [0.15, 0.2) is 5.76 Å². The minimum Gasteiger partial charge on any atom is -0.478 e. The molecule has 2 aromatic heterocycles. The van der Waals surface area contributed by atoms with E-state index in [2.05, 4.69) is 15.3 Å². The third kappa shape index (κ3) is 2.72. The van der Waals surface area contributed by atoms with Crippen molar-refractivity contribution >= 4 is 24.4 Å². The monoisotopic (exact) mass is 314 g/mol. The summed E-state index contributed by atoms with van der Waals surface area (Å²) < 4.78 is 7.03. The van der Waals surface area contributed by atoms with Gasteiger partial charge in [0.2, 0.25) is 10.6 Å². The Morgan fingerprint density at radius 1 is 1.36 bits per heavy atom. The summed E-state index contributed by atoms with van der Waals surface area (Å²) in [6, 6.07) is 9.81. The lowest BCUT2D eigenvalue weighted by molar-refractivity contribution is 0.0697. The van der Waals surface area contributed by atoms with E-state index in [1.165, 1.54) is 23.1 Å². The van der Waals surface area contributed by atoms with E-state index < -0.39 is 5.97 Å². The average molecular weight is 314 g/mol. The number of furan rings is 1. The second kappa shape index (κ2) is 5.78. The molecule has 0 fully saturated rings. The van der Waals surface area contributed by atoms with E-state index in [1.54, 1.807) is 30.5 Å². The number of carboxylic acid groups (broad SMARTS) is 1. The largest absolute Gasteiger partial charge is 0.478 e. The Kier molecular flexibility index (Phi) is 3.67. The first kappa shape index (κ1) is 14.0. The number of hydrogen-bond acceptors (Lipinski definition) is 5. The number of aromatic carboxylic acids is 1. The molecule has 0 unspecified atom stereocenters. The number of carbonyl (C=O) groups is 1. The Morgan fingerprint density at radius 3 is 2.77 bits per heavy atom. The molecule has 2 heterocycles. The van der Waals surface area contributed by atoms with Crippen molar-refractivity contribution in [2.24, 2.45) is 5.10 Å². The zero-order valence-electron chi connectivity index (χ0n) is 11.1. The summed E-state index contributed by atoms with van der Waals surface area (Å²) in [5.74, 6) is 0.0137. The Bertz CT molecular complexity index is 876. The summed E-state index contributed by atoms with van der Waals surface area (Å²) in [5, 5.41) is 19.8. The van der Waals surface area contributed by atoms with Crippen molar-refractivity contribution in [3.8, 4) is 11.6 Å². The topological polar surface area (TPSA) is 96.4 Å². The number of rotatable bonds is 4. The molecule has 0 amide bonds. The van der Waals surface area contributed by atoms with Crippen LogP contribution < -0.4 is 0 Å². The highest BCUT2D eigenvalue weighted by molar-refractivity contribution is 7.71. The molecule has 0 spiro atoms. The van der Waals surface area contributed by atoms with E-state index in [4.69, 9.17) is 21.7 Å². The summed E-state index contributed by atoms with van der Waals surface area (Å²) in [6.45, 7) is 0. The maximum atomic E-state index is 10.8. The number of nitrogens with one attached hydrogen (secondary N) is 1. The molecular weight excluding hydrogens is 304 g/mol. The zero-order chi connectivity index (χ0) is 15.5. The summed E-state index contributed by atoms with van der Waals surface area (Å²) in [4.78, 5) is 10.8. The van der Waals surface area contributed by atoms with Crippen LogP contribution in [-0.4, -0.2) is 32.2 Å². The molecule has 0 saturated heterocycles. The van der Waals surface area contributed by atoms with Crippen LogP contribution >= 0.6 is 12.2 Å². The van der Waals surface area contributed by atoms with E-state index in [0.29, 0.717) is 16.4 Å². The first-order chi connectivity index (χ1) is 10.6. The molecule has 7 nitrogen and oxygen atoms in total. The Hall–Kier alpha value is -3.00. The Morgan fingerprint density at radius 2 is 2.14 bits per heavy atom. The number of carboxylic acids is 1. The third-order valence-electron chi connectivity index (χ3n) is 2.87. The van der Waals surface area contributed by atoms with Crippen molar-refractivity contribution in [1.29, 1.82) is 0 Å². The second-order valence-corrected chi connectivity index (χ2v) is 4.70. The molecule has 0 aliphatic carbocycles. The highest BCUT2D eigenvalue weighted by Crippen LogP contribution is 2.17. The number of nitrogens with zero attached hydrogens (tertiary/aromatic N) is 3. The van der Waals surface area contributed by atoms with Gasteiger partial charge in [-0.15, -0.1) is 5.10 Å². The molecular formula is C14H10N4O3S. The van der Waals surface area contributed by atoms with Gasteiger partial charge in [0.05, 0.1) is 18.0 Å². The van der Waals surface area contributed by atoms with Gasteiger partial charge < -0.3 is 9.52 Å². The minimum atomic E-state index is -0.972. The first-order valence-electron chi connectivity index (χ1n) is 6.24. The van der Waals surface area contributed by atoms with Crippen molar-refractivity contribution in [3.05, 3.63) is 58.6 Å². The molecule has 8 heteroatoms. The van der Waals surface area contributed by atoms with Gasteiger partial charge in [-0.1, -0.05) is 12.1 Å². The van der Waals surface area contributed by atoms with Crippen LogP contribution in [0.2, 0.25) is 0 Å². The fourth-order valence-electron chi connectivity index (χ4n) is 1.80. The molecule has 0 bridgehead atoms. The fraction of sp³-hybridized carbons (Fsp3) is 0. The smallest absolute Gasteiger partial charge is 0.335 e. The molecule has 3 aromatic rings. The molecule has 0 atom stereocenters. The van der Waals surface area contributed by atoms with Crippen molar-refractivity contribution in [2.75, 3.05) is 0 Å². The maximum Gasteiger partial charge on any atom is 0.335 e. The number of hydrogen-bond donors (Lipinski definition) is 2. The Balaban J connectivity index is 1.91. The van der Waals surface area contributed by atoms with Crippen molar-refractivity contribution in [2.45, 2.75) is 0 Å². The number of aromatic nitrogens is 3. The van der Waals surface area contributed by atoms with Crippen LogP contribution in [0.4, 0.5) is 0 Å². The van der Waals surface area contributed by atoms with Gasteiger partial charge in [-0.3, -0.25) is 0 Å². The molecule has 3 rings (SSSR count). The fourth-order valence-corrected chi connectivity index (χ4v) is 1.98. The summed E-state index contributed by atoms with van der Waals surface area (Å²) >= 11 is 5.13. The second-order valence-electron chi connectivity index (χ2n) is 4.31. The normalized spacial score (nSPS) is 11.1. The molecule has 0 radical (unpaired) electrons. The molecule has 1 aromatic carbocycles. The molecule has 2 N–H and O–H groups in total. The molecule has 0 aliphatic heterocycles. The summed E-state index contributed by atoms with van der Waals surface area (Å²) in [7, 11) is 0. The standard InChI is InChI=1S/C14H10N4O3S/c19-13(20)10-5-3-9(4-6-10)8-15-18-12(16-17-14(18)22)11-2-1-7-21-11/h1-8H,(H,17,22)(H,19,20). The summed E-state index contributed by atoms with van der Waals surface area (Å²) in [5.41, 5.74) is 0.951. The number of benzene rings is 1. The predicted molar refractivity (Wildman–Crippen MR) is 81.5 cm³/mol. The lowest BCUT2D eigenvalue weighted by Gasteiger charge is -1.98. The molecule has 22 heavy (non-hydrogen) atoms. The highest BCUT2D eigenvalue weighted by atomic mass is 32.1. The Labute approximate surface area is 129 Å². The van der Waals surface area contributed by atoms with Gasteiger partial charge >= 0.3 is 5.97 Å². The van der Waals surface area contributed by atoms with Gasteiger partial charge in [0, 0.05) is 0 Å². The SMILES string of the molecule is O=C(O)c1ccc(C=Nn2c(-c3ccco3)n[nH]c2=S)cc1. The van der Waals surface area contributed by atoms with E-state index in [0.717, 1.165) is 5.56 Å². The average Bonchev–Trinajstić information content (AvgIpc) is 3.15. The van der Waals surface area contributed by atoms with Crippen LogP contribution in [0.1, 0.15) is 15.9 Å². The molecule has 110 valence electrons. The van der Waals surface area contributed by atoms with Crippen molar-refractivity contribution in [3.63, 3.8) is 0 Å². The maximum absolute atomic E-state index is 10.8. The number of H-pyrrole nitrogens is 1. The first-order valence-corrected chi connectivity index (χ1v) is 6.65. The molecule has 0 aliphatic rings. The van der Waals surface area contributed by atoms with E-state index in [1.807, 2.05) is 0 Å². The molecule has 0 saturated carbocycles. The summed E-state index contributed by atoms with van der Waals surface area (Å²) in [6.07, 6.45) is 3.09. The van der Waals surface area contributed by atoms with Crippen LogP contribution in [0.15, 0.2) is 52.2 Å². The van der Waals surface area contributed by atoms with Gasteiger partial charge in [-0.25, -0.2) is 9.89 Å². The van der Waals surface area contributed by atoms with Crippen molar-refractivity contribution in [1.82, 2.24) is 14.9 Å². The van der Waals surface area contributed by atoms with Gasteiger partial charge in [0.1, 0.15) is 0 Å². The van der Waals surface area contributed by atoms with E-state index in [9.17, 15) is 4.79 Å². The van der Waals surface area contributed by atoms with Crippen molar-refractivity contribution < 1.29 is 14.3 Å². The highest BCUT2D eigenvalue weighted by Gasteiger charge is 2.10. The minimum absolute atomic E-state index is 0.216. The zero-order valence-corrected chi connectivity index (χ0v) is 11.9. The van der Waals surface area contributed by atoms with E-state index in [-0.39, 0.29) is 5.56 Å². The quantitative estimate of drug-likeness (QED) is 0.570. The van der Waals surface area contributed by atoms with Crippen LogP contribution in [-0.2, 0) is 0 Å². The van der Waals surface area contributed by atoms with Gasteiger partial charge in [-0.05, 0) is 42.0 Å². The van der Waals surface area contributed by atoms with Crippen LogP contribution in [0.3, 0.4) is 0 Å². The van der Waals surface area contributed by atoms with Gasteiger partial charge in [0.25, 0.3) is 0 Å².